The Kier molecular flexibility index (Phi) is 5.56. The predicted molar refractivity (Wildman–Crippen MR) is 130 cm³/mol. The fourth-order valence-electron chi connectivity index (χ4n) is 3.42. The summed E-state index contributed by atoms with van der Waals surface area (Å²) in [5.41, 5.74) is 3.93. The van der Waals surface area contributed by atoms with Crippen LogP contribution in [0.15, 0.2) is 70.5 Å². The first-order valence-electron chi connectivity index (χ1n) is 9.15. The third-order valence-electron chi connectivity index (χ3n) is 4.87. The third-order valence-corrected chi connectivity index (χ3v) is 7.43. The number of halogens is 3. The van der Waals surface area contributed by atoms with E-state index in [1.807, 2.05) is 52.9 Å². The molecule has 1 atom stereocenters. The highest BCUT2D eigenvalue weighted by Crippen LogP contribution is 2.42. The Morgan fingerprint density at radius 3 is 2.47 bits per heavy atom. The molecular weight excluding hydrogens is 477 g/mol. The molecule has 5 rings (SSSR count). The van der Waals surface area contributed by atoms with Crippen LogP contribution in [0.5, 0.6) is 0 Å². The van der Waals surface area contributed by atoms with Crippen molar-refractivity contribution in [3.05, 3.63) is 90.9 Å². The summed E-state index contributed by atoms with van der Waals surface area (Å²) >= 11 is 22.0. The number of benzene rings is 2. The van der Waals surface area contributed by atoms with Gasteiger partial charge in [-0.25, -0.2) is 9.99 Å². The van der Waals surface area contributed by atoms with E-state index < -0.39 is 0 Å². The van der Waals surface area contributed by atoms with Gasteiger partial charge in [0.15, 0.2) is 0 Å². The number of hydrazone groups is 1. The van der Waals surface area contributed by atoms with Crippen molar-refractivity contribution in [3.8, 4) is 11.3 Å². The standard InChI is InChI=1S/C22H14Cl3N3S2/c23-14-5-3-13(4-6-14)19-12-30-22(26-19)28-20(16-8-7-15(24)10-17(16)25)11-18(27-28)21-2-1-9-29-21/h1-10,12,20H,11H2. The van der Waals surface area contributed by atoms with Crippen molar-refractivity contribution < 1.29 is 0 Å². The molecule has 8 heteroatoms. The van der Waals surface area contributed by atoms with Crippen LogP contribution in [0, 0.1) is 0 Å². The molecule has 0 amide bonds. The zero-order valence-electron chi connectivity index (χ0n) is 15.4. The van der Waals surface area contributed by atoms with Crippen LogP contribution >= 0.6 is 57.5 Å². The highest BCUT2D eigenvalue weighted by Gasteiger charge is 2.33. The second-order valence-corrected chi connectivity index (χ2v) is 9.84. The Morgan fingerprint density at radius 2 is 1.73 bits per heavy atom. The number of thiophene rings is 1. The molecule has 0 aliphatic carbocycles. The van der Waals surface area contributed by atoms with Gasteiger partial charge in [0, 0.05) is 32.4 Å². The van der Waals surface area contributed by atoms with Gasteiger partial charge in [0.1, 0.15) is 0 Å². The lowest BCUT2D eigenvalue weighted by Crippen LogP contribution is -2.18. The summed E-state index contributed by atoms with van der Waals surface area (Å²) in [7, 11) is 0. The summed E-state index contributed by atoms with van der Waals surface area (Å²) in [6.07, 6.45) is 0.748. The maximum Gasteiger partial charge on any atom is 0.207 e. The summed E-state index contributed by atoms with van der Waals surface area (Å²) in [4.78, 5) is 6.01. The van der Waals surface area contributed by atoms with Gasteiger partial charge in [-0.15, -0.1) is 22.7 Å². The number of anilines is 1. The average Bonchev–Trinajstić information content (AvgIpc) is 3.48. The van der Waals surface area contributed by atoms with Gasteiger partial charge in [-0.3, -0.25) is 0 Å². The number of hydrogen-bond acceptors (Lipinski definition) is 5. The van der Waals surface area contributed by atoms with Crippen LogP contribution in [0.4, 0.5) is 5.13 Å². The van der Waals surface area contributed by atoms with Crippen LogP contribution in [-0.2, 0) is 0 Å². The Balaban J connectivity index is 1.54. The van der Waals surface area contributed by atoms with Crippen molar-refractivity contribution >= 4 is 68.3 Å². The van der Waals surface area contributed by atoms with Gasteiger partial charge in [-0.05, 0) is 41.3 Å². The molecular formula is C22H14Cl3N3S2. The zero-order chi connectivity index (χ0) is 20.7. The van der Waals surface area contributed by atoms with Crippen LogP contribution in [-0.4, -0.2) is 10.7 Å². The summed E-state index contributed by atoms with van der Waals surface area (Å²) in [5, 5.41) is 13.8. The molecule has 0 radical (unpaired) electrons. The SMILES string of the molecule is Clc1ccc(-c2csc(N3N=C(c4cccs4)CC3c3ccc(Cl)cc3Cl)n2)cc1. The van der Waals surface area contributed by atoms with Crippen LogP contribution in [0.2, 0.25) is 15.1 Å². The zero-order valence-corrected chi connectivity index (χ0v) is 19.3. The molecule has 2 aromatic heterocycles. The van der Waals surface area contributed by atoms with Gasteiger partial charge in [0.05, 0.1) is 22.3 Å². The lowest BCUT2D eigenvalue weighted by atomic mass is 10.0. The van der Waals surface area contributed by atoms with Crippen molar-refractivity contribution in [2.45, 2.75) is 12.5 Å². The average molecular weight is 491 g/mol. The van der Waals surface area contributed by atoms with E-state index >= 15 is 0 Å². The quantitative estimate of drug-likeness (QED) is 0.288. The second kappa shape index (κ2) is 8.33. The summed E-state index contributed by atoms with van der Waals surface area (Å²) < 4.78 is 0. The van der Waals surface area contributed by atoms with Crippen LogP contribution in [0.1, 0.15) is 22.9 Å². The van der Waals surface area contributed by atoms with Crippen LogP contribution in [0.3, 0.4) is 0 Å². The molecule has 3 heterocycles. The van der Waals surface area contributed by atoms with Crippen molar-refractivity contribution in [2.75, 3.05) is 5.01 Å². The van der Waals surface area contributed by atoms with Crippen LogP contribution in [0.25, 0.3) is 11.3 Å². The molecule has 0 bridgehead atoms. The minimum atomic E-state index is -0.0453. The van der Waals surface area contributed by atoms with E-state index in [0.717, 1.165) is 39.0 Å². The first-order valence-corrected chi connectivity index (χ1v) is 12.0. The normalized spacial score (nSPS) is 16.2. The fraction of sp³-hybridized carbons (Fsp3) is 0.0909. The van der Waals surface area contributed by atoms with Crippen molar-refractivity contribution in [3.63, 3.8) is 0 Å². The van der Waals surface area contributed by atoms with E-state index in [0.29, 0.717) is 15.1 Å². The molecule has 1 aliphatic rings. The number of rotatable bonds is 4. The molecule has 3 nitrogen and oxygen atoms in total. The van der Waals surface area contributed by atoms with Gasteiger partial charge in [-0.2, -0.15) is 5.10 Å². The Labute approximate surface area is 197 Å². The summed E-state index contributed by atoms with van der Waals surface area (Å²) in [6.45, 7) is 0. The van der Waals surface area contributed by atoms with Crippen LogP contribution < -0.4 is 5.01 Å². The maximum absolute atomic E-state index is 6.56. The summed E-state index contributed by atoms with van der Waals surface area (Å²) in [5.74, 6) is 0. The van der Waals surface area contributed by atoms with E-state index in [9.17, 15) is 0 Å². The molecule has 4 aromatic rings. The molecule has 0 N–H and O–H groups in total. The Morgan fingerprint density at radius 1 is 0.933 bits per heavy atom. The Bertz CT molecular complexity index is 1220. The molecule has 1 unspecified atom stereocenters. The monoisotopic (exact) mass is 489 g/mol. The van der Waals surface area contributed by atoms with Gasteiger partial charge >= 0.3 is 0 Å². The smallest absolute Gasteiger partial charge is 0.207 e. The van der Waals surface area contributed by atoms with E-state index in [4.69, 9.17) is 44.9 Å². The molecule has 2 aromatic carbocycles. The number of nitrogens with zero attached hydrogens (tertiary/aromatic N) is 3. The first kappa shape index (κ1) is 20.0. The highest BCUT2D eigenvalue weighted by atomic mass is 35.5. The molecule has 0 saturated carbocycles. The molecule has 0 spiro atoms. The summed E-state index contributed by atoms with van der Waals surface area (Å²) in [6, 6.07) is 17.4. The van der Waals surface area contributed by atoms with E-state index in [-0.39, 0.29) is 6.04 Å². The van der Waals surface area contributed by atoms with Crippen molar-refractivity contribution in [1.29, 1.82) is 0 Å². The van der Waals surface area contributed by atoms with Gasteiger partial charge in [-0.1, -0.05) is 59.1 Å². The van der Waals surface area contributed by atoms with Gasteiger partial charge in [0.2, 0.25) is 5.13 Å². The third kappa shape index (κ3) is 3.88. The minimum Gasteiger partial charge on any atom is -0.231 e. The predicted octanol–water partition coefficient (Wildman–Crippen LogP) is 8.19. The molecule has 0 fully saturated rings. The lowest BCUT2D eigenvalue weighted by molar-refractivity contribution is 0.707. The van der Waals surface area contributed by atoms with Gasteiger partial charge in [0.25, 0.3) is 0 Å². The Hall–Kier alpha value is -1.89. The largest absolute Gasteiger partial charge is 0.231 e. The first-order chi connectivity index (χ1) is 14.6. The number of thiazole rings is 1. The fourth-order valence-corrected chi connectivity index (χ4v) is 5.63. The van der Waals surface area contributed by atoms with E-state index in [1.54, 1.807) is 28.7 Å². The minimum absolute atomic E-state index is 0.0453. The second-order valence-electron chi connectivity index (χ2n) is 6.78. The molecule has 150 valence electrons. The maximum atomic E-state index is 6.56. The number of hydrogen-bond donors (Lipinski definition) is 0. The van der Waals surface area contributed by atoms with E-state index in [1.165, 1.54) is 0 Å². The molecule has 30 heavy (non-hydrogen) atoms. The molecule has 1 aliphatic heterocycles. The lowest BCUT2D eigenvalue weighted by Gasteiger charge is -2.22. The highest BCUT2D eigenvalue weighted by molar-refractivity contribution is 7.14. The topological polar surface area (TPSA) is 28.5 Å². The van der Waals surface area contributed by atoms with Gasteiger partial charge < -0.3 is 0 Å². The van der Waals surface area contributed by atoms with Crippen molar-refractivity contribution in [2.24, 2.45) is 5.10 Å². The molecule has 0 saturated heterocycles. The van der Waals surface area contributed by atoms with Crippen molar-refractivity contribution in [1.82, 2.24) is 4.98 Å². The van der Waals surface area contributed by atoms with E-state index in [2.05, 4.69) is 11.4 Å². The number of aromatic nitrogens is 1.